The van der Waals surface area contributed by atoms with Crippen molar-refractivity contribution in [2.45, 2.75) is 19.4 Å². The molecule has 150 valence electrons. The lowest BCUT2D eigenvalue weighted by atomic mass is 10.1. The first kappa shape index (κ1) is 19.1. The quantitative estimate of drug-likeness (QED) is 0.459. The number of nitro benzene ring substituents is 1. The number of hydrogen-bond acceptors (Lipinski definition) is 7. The summed E-state index contributed by atoms with van der Waals surface area (Å²) in [5.41, 5.74) is 1.62. The minimum atomic E-state index is -0.421. The van der Waals surface area contributed by atoms with Crippen LogP contribution in [0.5, 0.6) is 5.75 Å². The Balaban J connectivity index is 1.61. The van der Waals surface area contributed by atoms with Crippen LogP contribution in [0.15, 0.2) is 48.8 Å². The maximum absolute atomic E-state index is 11.6. The number of likely N-dealkylation sites (tertiary alicyclic amines) is 1. The van der Waals surface area contributed by atoms with Crippen LogP contribution in [0, 0.1) is 10.1 Å². The summed E-state index contributed by atoms with van der Waals surface area (Å²) in [6.45, 7) is 5.31. The topological polar surface area (TPSA) is 93.4 Å². The first-order chi connectivity index (χ1) is 14.1. The fourth-order valence-electron chi connectivity index (χ4n) is 3.37. The summed E-state index contributed by atoms with van der Waals surface area (Å²) in [7, 11) is 0. The molecule has 8 nitrogen and oxygen atoms in total. The van der Waals surface area contributed by atoms with E-state index in [1.54, 1.807) is 6.07 Å². The second-order valence-electron chi connectivity index (χ2n) is 7.14. The molecule has 1 aliphatic rings. The summed E-state index contributed by atoms with van der Waals surface area (Å²) in [6, 6.07) is 13.1. The van der Waals surface area contributed by atoms with Crippen LogP contribution >= 0.6 is 0 Å². The Morgan fingerprint density at radius 3 is 2.72 bits per heavy atom. The van der Waals surface area contributed by atoms with Crippen LogP contribution in [0.1, 0.15) is 24.9 Å². The summed E-state index contributed by atoms with van der Waals surface area (Å²) < 4.78 is 5.74. The second-order valence-corrected chi connectivity index (χ2v) is 7.14. The lowest BCUT2D eigenvalue weighted by Gasteiger charge is -2.30. The molecule has 1 atom stereocenters. The SMILES string of the molecule is C[C@@H](Nc1ncnc2cc(OCCN3CCC3)c([N+](=O)[O-])cc12)c1ccccc1. The molecule has 8 heteroatoms. The first-order valence-electron chi connectivity index (χ1n) is 9.71. The van der Waals surface area contributed by atoms with Crippen molar-refractivity contribution in [3.63, 3.8) is 0 Å². The Kier molecular flexibility index (Phi) is 5.53. The van der Waals surface area contributed by atoms with Gasteiger partial charge >= 0.3 is 5.69 Å². The predicted molar refractivity (Wildman–Crippen MR) is 111 cm³/mol. The van der Waals surface area contributed by atoms with Gasteiger partial charge in [0.05, 0.1) is 10.4 Å². The van der Waals surface area contributed by atoms with Gasteiger partial charge in [0.2, 0.25) is 0 Å². The van der Waals surface area contributed by atoms with Crippen LogP contribution in [0.4, 0.5) is 11.5 Å². The van der Waals surface area contributed by atoms with Gasteiger partial charge < -0.3 is 10.1 Å². The van der Waals surface area contributed by atoms with Crippen molar-refractivity contribution in [1.82, 2.24) is 14.9 Å². The van der Waals surface area contributed by atoms with Crippen molar-refractivity contribution in [2.24, 2.45) is 0 Å². The molecule has 0 spiro atoms. The van der Waals surface area contributed by atoms with Gasteiger partial charge in [0.1, 0.15) is 18.8 Å². The molecule has 0 aliphatic carbocycles. The molecule has 4 rings (SSSR count). The van der Waals surface area contributed by atoms with E-state index in [1.165, 1.54) is 18.8 Å². The van der Waals surface area contributed by atoms with Gasteiger partial charge in [-0.05, 0) is 32.0 Å². The average molecular weight is 393 g/mol. The number of hydrogen-bond donors (Lipinski definition) is 1. The van der Waals surface area contributed by atoms with Gasteiger partial charge in [0.15, 0.2) is 5.75 Å². The number of fused-ring (bicyclic) bond motifs is 1. The van der Waals surface area contributed by atoms with Gasteiger partial charge in [-0.15, -0.1) is 0 Å². The van der Waals surface area contributed by atoms with Crippen LogP contribution in [0.2, 0.25) is 0 Å². The van der Waals surface area contributed by atoms with Gasteiger partial charge in [-0.2, -0.15) is 0 Å². The molecule has 3 aromatic rings. The van der Waals surface area contributed by atoms with E-state index in [0.29, 0.717) is 23.3 Å². The molecule has 1 N–H and O–H groups in total. The fourth-order valence-corrected chi connectivity index (χ4v) is 3.37. The van der Waals surface area contributed by atoms with E-state index in [1.807, 2.05) is 37.3 Å². The fraction of sp³-hybridized carbons (Fsp3) is 0.333. The Bertz CT molecular complexity index is 1010. The van der Waals surface area contributed by atoms with Gasteiger partial charge in [0, 0.05) is 30.1 Å². The van der Waals surface area contributed by atoms with Crippen LogP contribution in [-0.2, 0) is 0 Å². The molecule has 1 aromatic heterocycles. The maximum atomic E-state index is 11.6. The molecule has 0 saturated carbocycles. The maximum Gasteiger partial charge on any atom is 0.311 e. The summed E-state index contributed by atoms with van der Waals surface area (Å²) in [6.07, 6.45) is 2.66. The Labute approximate surface area is 168 Å². The Morgan fingerprint density at radius 1 is 1.24 bits per heavy atom. The molecular weight excluding hydrogens is 370 g/mol. The molecule has 0 unspecified atom stereocenters. The zero-order chi connectivity index (χ0) is 20.2. The molecule has 0 radical (unpaired) electrons. The lowest BCUT2D eigenvalue weighted by Crippen LogP contribution is -2.39. The average Bonchev–Trinajstić information content (AvgIpc) is 2.70. The minimum absolute atomic E-state index is 0.0131. The number of rotatable bonds is 8. The van der Waals surface area contributed by atoms with E-state index in [0.717, 1.165) is 25.2 Å². The normalized spacial score (nSPS) is 14.9. The first-order valence-corrected chi connectivity index (χ1v) is 9.71. The van der Waals surface area contributed by atoms with E-state index in [2.05, 4.69) is 20.2 Å². The molecule has 1 saturated heterocycles. The highest BCUT2D eigenvalue weighted by Crippen LogP contribution is 2.34. The largest absolute Gasteiger partial charge is 0.485 e. The zero-order valence-electron chi connectivity index (χ0n) is 16.2. The van der Waals surface area contributed by atoms with Crippen molar-refractivity contribution in [1.29, 1.82) is 0 Å². The van der Waals surface area contributed by atoms with Crippen molar-refractivity contribution in [3.05, 3.63) is 64.5 Å². The third-order valence-corrected chi connectivity index (χ3v) is 5.18. The molecule has 0 bridgehead atoms. The number of nitrogens with zero attached hydrogens (tertiary/aromatic N) is 4. The number of benzene rings is 2. The zero-order valence-corrected chi connectivity index (χ0v) is 16.2. The molecular formula is C21H23N5O3. The smallest absolute Gasteiger partial charge is 0.311 e. The van der Waals surface area contributed by atoms with Crippen molar-refractivity contribution in [3.8, 4) is 5.75 Å². The second kappa shape index (κ2) is 8.40. The van der Waals surface area contributed by atoms with Crippen LogP contribution in [0.25, 0.3) is 10.9 Å². The van der Waals surface area contributed by atoms with Crippen LogP contribution in [0.3, 0.4) is 0 Å². The number of anilines is 1. The molecule has 2 aromatic carbocycles. The van der Waals surface area contributed by atoms with Crippen LogP contribution < -0.4 is 10.1 Å². The van der Waals surface area contributed by atoms with Crippen molar-refractivity contribution in [2.75, 3.05) is 31.6 Å². The van der Waals surface area contributed by atoms with E-state index in [9.17, 15) is 10.1 Å². The van der Waals surface area contributed by atoms with Gasteiger partial charge in [-0.1, -0.05) is 30.3 Å². The summed E-state index contributed by atoms with van der Waals surface area (Å²) in [5, 5.41) is 15.6. The highest BCUT2D eigenvalue weighted by Gasteiger charge is 2.21. The number of nitro groups is 1. The number of nitrogens with one attached hydrogen (secondary N) is 1. The van der Waals surface area contributed by atoms with E-state index < -0.39 is 4.92 Å². The molecule has 1 fully saturated rings. The van der Waals surface area contributed by atoms with E-state index in [-0.39, 0.29) is 17.5 Å². The van der Waals surface area contributed by atoms with Gasteiger partial charge in [-0.3, -0.25) is 15.0 Å². The third kappa shape index (κ3) is 4.27. The third-order valence-electron chi connectivity index (χ3n) is 5.18. The van der Waals surface area contributed by atoms with Crippen molar-refractivity contribution < 1.29 is 9.66 Å². The molecule has 0 amide bonds. The lowest BCUT2D eigenvalue weighted by molar-refractivity contribution is -0.385. The Morgan fingerprint density at radius 2 is 2.03 bits per heavy atom. The molecule has 2 heterocycles. The van der Waals surface area contributed by atoms with Gasteiger partial charge in [0.25, 0.3) is 0 Å². The van der Waals surface area contributed by atoms with Crippen molar-refractivity contribution >= 4 is 22.4 Å². The summed E-state index contributed by atoms with van der Waals surface area (Å²) >= 11 is 0. The Hall–Kier alpha value is -3.26. The van der Waals surface area contributed by atoms with E-state index >= 15 is 0 Å². The monoisotopic (exact) mass is 393 g/mol. The van der Waals surface area contributed by atoms with Gasteiger partial charge in [-0.25, -0.2) is 9.97 Å². The molecule has 29 heavy (non-hydrogen) atoms. The summed E-state index contributed by atoms with van der Waals surface area (Å²) in [4.78, 5) is 22.1. The predicted octanol–water partition coefficient (Wildman–Crippen LogP) is 3.80. The minimum Gasteiger partial charge on any atom is -0.485 e. The highest BCUT2D eigenvalue weighted by atomic mass is 16.6. The van der Waals surface area contributed by atoms with Crippen LogP contribution in [-0.4, -0.2) is 46.0 Å². The highest BCUT2D eigenvalue weighted by molar-refractivity contribution is 5.92. The standard InChI is InChI=1S/C21H23N5O3/c1-15(16-6-3-2-4-7-16)24-21-17-12-19(26(27)28)20(13-18(17)22-14-23-21)29-11-10-25-8-5-9-25/h2-4,6-7,12-15H,5,8-11H2,1H3,(H,22,23,24)/t15-/m1/s1. The number of ether oxygens (including phenoxy) is 1. The molecule has 1 aliphatic heterocycles. The summed E-state index contributed by atoms with van der Waals surface area (Å²) in [5.74, 6) is 0.797. The number of aromatic nitrogens is 2. The van der Waals surface area contributed by atoms with E-state index in [4.69, 9.17) is 4.74 Å².